The molecule has 2 nitrogen and oxygen atoms in total. The van der Waals surface area contributed by atoms with Gasteiger partial charge in [-0.15, -0.1) is 0 Å². The smallest absolute Gasteiger partial charge is 0.127 e. The summed E-state index contributed by atoms with van der Waals surface area (Å²) in [5.41, 5.74) is 1.30. The highest BCUT2D eigenvalue weighted by molar-refractivity contribution is 5.15. The molecule has 12 heavy (non-hydrogen) atoms. The molecule has 1 unspecified atom stereocenters. The van der Waals surface area contributed by atoms with Crippen LogP contribution in [0.4, 0.5) is 0 Å². The summed E-state index contributed by atoms with van der Waals surface area (Å²) in [5, 5.41) is 4.31. The van der Waals surface area contributed by atoms with E-state index < -0.39 is 0 Å². The highest BCUT2D eigenvalue weighted by Crippen LogP contribution is 2.07. The molecule has 0 bridgehead atoms. The largest absolute Gasteiger partial charge is 0.360 e. The van der Waals surface area contributed by atoms with Crippen molar-refractivity contribution in [3.05, 3.63) is 35.9 Å². The Bertz CT molecular complexity index is 229. The van der Waals surface area contributed by atoms with Gasteiger partial charge in [-0.05, 0) is 5.56 Å². The number of hydrogen-bond acceptors (Lipinski definition) is 1. The maximum atomic E-state index is 5.39. The fourth-order valence-corrected chi connectivity index (χ4v) is 1.38. The number of benzene rings is 1. The summed E-state index contributed by atoms with van der Waals surface area (Å²) in [5.74, 6) is 0. The molecule has 1 aromatic carbocycles. The van der Waals surface area contributed by atoms with Crippen molar-refractivity contribution in [2.45, 2.75) is 12.6 Å². The summed E-state index contributed by atoms with van der Waals surface area (Å²) < 4.78 is 5.39. The van der Waals surface area contributed by atoms with E-state index in [0.717, 1.165) is 19.6 Å². The monoisotopic (exact) mass is 162 g/mol. The van der Waals surface area contributed by atoms with Crippen molar-refractivity contribution in [2.75, 3.05) is 13.2 Å². The van der Waals surface area contributed by atoms with E-state index in [9.17, 15) is 0 Å². The van der Waals surface area contributed by atoms with Crippen LogP contribution in [0.3, 0.4) is 0 Å². The molecule has 1 aromatic rings. The van der Waals surface area contributed by atoms with Crippen LogP contribution in [0.15, 0.2) is 30.3 Å². The third kappa shape index (κ3) is 1.84. The Morgan fingerprint density at radius 2 is 2.17 bits per heavy atom. The Hall–Kier alpha value is -0.860. The van der Waals surface area contributed by atoms with E-state index in [4.69, 9.17) is 4.74 Å². The van der Waals surface area contributed by atoms with Gasteiger partial charge >= 0.3 is 0 Å². The van der Waals surface area contributed by atoms with Gasteiger partial charge in [-0.1, -0.05) is 30.3 Å². The van der Waals surface area contributed by atoms with Crippen molar-refractivity contribution in [1.29, 1.82) is 0 Å². The minimum Gasteiger partial charge on any atom is -0.360 e. The summed E-state index contributed by atoms with van der Waals surface area (Å²) in [6, 6.07) is 10.3. The van der Waals surface area contributed by atoms with Gasteiger partial charge in [-0.3, -0.25) is 0 Å². The zero-order chi connectivity index (χ0) is 8.23. The summed E-state index contributed by atoms with van der Waals surface area (Å²) in [7, 11) is 0. The zero-order valence-electron chi connectivity index (χ0n) is 6.94. The minimum absolute atomic E-state index is 0.104. The molecule has 0 spiro atoms. The Balaban J connectivity index is 1.94. The zero-order valence-corrected chi connectivity index (χ0v) is 6.94. The second kappa shape index (κ2) is 3.70. The van der Waals surface area contributed by atoms with E-state index in [2.05, 4.69) is 17.4 Å². The fourth-order valence-electron chi connectivity index (χ4n) is 1.38. The lowest BCUT2D eigenvalue weighted by Crippen LogP contribution is -2.18. The molecule has 63 valence electrons. The topological polar surface area (TPSA) is 23.3 Å². The molecule has 1 fully saturated rings. The summed E-state index contributed by atoms with van der Waals surface area (Å²) >= 11 is 0. The SMILES string of the molecule is c1ccc(CC2[N]CCO2)cc1. The van der Waals surface area contributed by atoms with E-state index in [1.807, 2.05) is 18.2 Å². The molecular formula is C10H12NO. The van der Waals surface area contributed by atoms with Crippen molar-refractivity contribution in [1.82, 2.24) is 5.32 Å². The van der Waals surface area contributed by atoms with Gasteiger partial charge in [0.05, 0.1) is 6.61 Å². The Morgan fingerprint density at radius 1 is 1.33 bits per heavy atom. The highest BCUT2D eigenvalue weighted by Gasteiger charge is 2.15. The van der Waals surface area contributed by atoms with Crippen LogP contribution in [-0.2, 0) is 11.2 Å². The summed E-state index contributed by atoms with van der Waals surface area (Å²) in [6.07, 6.45) is 1.02. The van der Waals surface area contributed by atoms with Crippen LogP contribution >= 0.6 is 0 Å². The van der Waals surface area contributed by atoms with Crippen LogP contribution in [0.5, 0.6) is 0 Å². The third-order valence-electron chi connectivity index (χ3n) is 1.99. The van der Waals surface area contributed by atoms with Gasteiger partial charge in [-0.25, -0.2) is 5.32 Å². The number of ether oxygens (including phenoxy) is 1. The van der Waals surface area contributed by atoms with Crippen LogP contribution < -0.4 is 5.32 Å². The van der Waals surface area contributed by atoms with E-state index in [-0.39, 0.29) is 6.23 Å². The van der Waals surface area contributed by atoms with Crippen molar-refractivity contribution >= 4 is 0 Å². The average Bonchev–Trinajstić information content (AvgIpc) is 2.59. The molecule has 1 radical (unpaired) electrons. The van der Waals surface area contributed by atoms with Crippen molar-refractivity contribution in [2.24, 2.45) is 0 Å². The first-order chi connectivity index (χ1) is 5.95. The van der Waals surface area contributed by atoms with E-state index >= 15 is 0 Å². The second-order valence-corrected chi connectivity index (χ2v) is 2.92. The third-order valence-corrected chi connectivity index (χ3v) is 1.99. The Morgan fingerprint density at radius 3 is 2.83 bits per heavy atom. The van der Waals surface area contributed by atoms with Gasteiger partial charge in [-0.2, -0.15) is 0 Å². The van der Waals surface area contributed by atoms with E-state index in [1.165, 1.54) is 5.56 Å². The second-order valence-electron chi connectivity index (χ2n) is 2.92. The van der Waals surface area contributed by atoms with Gasteiger partial charge in [0.15, 0.2) is 0 Å². The van der Waals surface area contributed by atoms with Crippen LogP contribution in [0.2, 0.25) is 0 Å². The molecular weight excluding hydrogens is 150 g/mol. The number of rotatable bonds is 2. The van der Waals surface area contributed by atoms with Gasteiger partial charge in [0.25, 0.3) is 0 Å². The predicted octanol–water partition coefficient (Wildman–Crippen LogP) is 1.19. The van der Waals surface area contributed by atoms with Crippen LogP contribution in [0, 0.1) is 0 Å². The van der Waals surface area contributed by atoms with Gasteiger partial charge in [0, 0.05) is 13.0 Å². The molecule has 0 aromatic heterocycles. The van der Waals surface area contributed by atoms with Crippen LogP contribution in [0.25, 0.3) is 0 Å². The van der Waals surface area contributed by atoms with Gasteiger partial charge < -0.3 is 4.74 Å². The lowest BCUT2D eigenvalue weighted by Gasteiger charge is -2.07. The maximum Gasteiger partial charge on any atom is 0.127 e. The fraction of sp³-hybridized carbons (Fsp3) is 0.400. The van der Waals surface area contributed by atoms with Gasteiger partial charge in [0.2, 0.25) is 0 Å². The first-order valence-corrected chi connectivity index (χ1v) is 4.27. The van der Waals surface area contributed by atoms with E-state index in [0.29, 0.717) is 0 Å². The molecule has 1 atom stereocenters. The minimum atomic E-state index is 0.104. The van der Waals surface area contributed by atoms with E-state index in [1.54, 1.807) is 0 Å². The quantitative estimate of drug-likeness (QED) is 0.640. The molecule has 1 saturated heterocycles. The first kappa shape index (κ1) is 7.77. The highest BCUT2D eigenvalue weighted by atomic mass is 16.5. The standard InChI is InChI=1S/C10H12NO/c1-2-4-9(5-3-1)8-10-11-6-7-12-10/h1-5,10H,6-8H2. The molecule has 2 rings (SSSR count). The van der Waals surface area contributed by atoms with Crippen molar-refractivity contribution in [3.63, 3.8) is 0 Å². The lowest BCUT2D eigenvalue weighted by molar-refractivity contribution is 0.100. The molecule has 0 N–H and O–H groups in total. The molecule has 0 saturated carbocycles. The summed E-state index contributed by atoms with van der Waals surface area (Å²) in [6.45, 7) is 1.65. The Labute approximate surface area is 72.5 Å². The molecule has 1 aliphatic heterocycles. The van der Waals surface area contributed by atoms with Gasteiger partial charge in [0.1, 0.15) is 6.23 Å². The predicted molar refractivity (Wildman–Crippen MR) is 46.9 cm³/mol. The molecule has 1 aliphatic rings. The van der Waals surface area contributed by atoms with Crippen molar-refractivity contribution in [3.8, 4) is 0 Å². The lowest BCUT2D eigenvalue weighted by atomic mass is 10.1. The summed E-state index contributed by atoms with van der Waals surface area (Å²) in [4.78, 5) is 0. The number of hydrogen-bond donors (Lipinski definition) is 0. The van der Waals surface area contributed by atoms with Crippen LogP contribution in [0.1, 0.15) is 5.56 Å². The molecule has 1 heterocycles. The first-order valence-electron chi connectivity index (χ1n) is 4.27. The van der Waals surface area contributed by atoms with Crippen molar-refractivity contribution < 1.29 is 4.74 Å². The van der Waals surface area contributed by atoms with Crippen LogP contribution in [-0.4, -0.2) is 19.4 Å². The number of nitrogens with zero attached hydrogens (tertiary/aromatic N) is 1. The maximum absolute atomic E-state index is 5.39. The molecule has 0 amide bonds. The Kier molecular flexibility index (Phi) is 2.39. The average molecular weight is 162 g/mol. The normalized spacial score (nSPS) is 22.8. The molecule has 2 heteroatoms. The molecule has 0 aliphatic carbocycles.